The number of fused-ring (bicyclic) bond motifs is 1. The van der Waals surface area contributed by atoms with Crippen LogP contribution in [0.2, 0.25) is 0 Å². The predicted octanol–water partition coefficient (Wildman–Crippen LogP) is 1.36. The van der Waals surface area contributed by atoms with Crippen LogP contribution in [0.15, 0.2) is 41.6 Å². The Labute approximate surface area is 109 Å². The summed E-state index contributed by atoms with van der Waals surface area (Å²) in [7, 11) is 0. The molecule has 0 saturated heterocycles. The quantitative estimate of drug-likeness (QED) is 0.836. The SMILES string of the molecule is O=C(c1cnc[nH]c1=O)N1CCCc2ccccc21. The van der Waals surface area contributed by atoms with E-state index in [-0.39, 0.29) is 11.5 Å². The van der Waals surface area contributed by atoms with Gasteiger partial charge in [0.1, 0.15) is 5.56 Å². The highest BCUT2D eigenvalue weighted by Gasteiger charge is 2.24. The molecule has 0 unspecified atom stereocenters. The maximum atomic E-state index is 12.4. The number of nitrogens with one attached hydrogen (secondary N) is 1. The Morgan fingerprint density at radius 1 is 1.32 bits per heavy atom. The van der Waals surface area contributed by atoms with E-state index >= 15 is 0 Å². The van der Waals surface area contributed by atoms with Gasteiger partial charge in [-0.1, -0.05) is 18.2 Å². The standard InChI is InChI=1S/C14H13N3O2/c18-13-11(8-15-9-16-13)14(19)17-7-3-5-10-4-1-2-6-12(10)17/h1-2,4,6,8-9H,3,5,7H2,(H,15,16,18). The molecule has 0 fully saturated rings. The summed E-state index contributed by atoms with van der Waals surface area (Å²) in [5.74, 6) is -0.290. The first-order valence-electron chi connectivity index (χ1n) is 6.20. The largest absolute Gasteiger partial charge is 0.312 e. The van der Waals surface area contributed by atoms with Gasteiger partial charge in [0.2, 0.25) is 0 Å². The number of para-hydroxylation sites is 1. The molecule has 0 bridgehead atoms. The highest BCUT2D eigenvalue weighted by Crippen LogP contribution is 2.27. The maximum absolute atomic E-state index is 12.4. The third-order valence-corrected chi connectivity index (χ3v) is 3.30. The van der Waals surface area contributed by atoms with Crippen LogP contribution in [0.25, 0.3) is 0 Å². The van der Waals surface area contributed by atoms with E-state index in [0.29, 0.717) is 6.54 Å². The fourth-order valence-electron chi connectivity index (χ4n) is 2.39. The number of hydrogen-bond donors (Lipinski definition) is 1. The van der Waals surface area contributed by atoms with Crippen molar-refractivity contribution in [3.63, 3.8) is 0 Å². The molecule has 0 radical (unpaired) electrons. The van der Waals surface area contributed by atoms with Crippen molar-refractivity contribution >= 4 is 11.6 Å². The van der Waals surface area contributed by atoms with Gasteiger partial charge >= 0.3 is 0 Å². The number of aromatic amines is 1. The van der Waals surface area contributed by atoms with E-state index in [1.165, 1.54) is 12.5 Å². The fraction of sp³-hybridized carbons (Fsp3) is 0.214. The Kier molecular flexibility index (Phi) is 2.87. The molecule has 1 aromatic heterocycles. The number of aromatic nitrogens is 2. The molecule has 96 valence electrons. The zero-order chi connectivity index (χ0) is 13.2. The van der Waals surface area contributed by atoms with E-state index < -0.39 is 5.56 Å². The lowest BCUT2D eigenvalue weighted by Crippen LogP contribution is -2.38. The van der Waals surface area contributed by atoms with Crippen LogP contribution >= 0.6 is 0 Å². The fourth-order valence-corrected chi connectivity index (χ4v) is 2.39. The minimum atomic E-state index is -0.400. The third kappa shape index (κ3) is 2.03. The van der Waals surface area contributed by atoms with Crippen molar-refractivity contribution in [3.8, 4) is 0 Å². The van der Waals surface area contributed by atoms with Crippen LogP contribution in [0.4, 0.5) is 5.69 Å². The lowest BCUT2D eigenvalue weighted by molar-refractivity contribution is 0.0983. The van der Waals surface area contributed by atoms with Gasteiger partial charge in [0.15, 0.2) is 0 Å². The van der Waals surface area contributed by atoms with Gasteiger partial charge in [-0.05, 0) is 24.5 Å². The summed E-state index contributed by atoms with van der Waals surface area (Å²) in [5, 5.41) is 0. The first-order chi connectivity index (χ1) is 9.27. The van der Waals surface area contributed by atoms with E-state index in [1.807, 2.05) is 24.3 Å². The zero-order valence-corrected chi connectivity index (χ0v) is 10.3. The van der Waals surface area contributed by atoms with Gasteiger partial charge in [-0.25, -0.2) is 4.98 Å². The number of aryl methyl sites for hydroxylation is 1. The smallest absolute Gasteiger partial charge is 0.265 e. The third-order valence-electron chi connectivity index (χ3n) is 3.30. The molecule has 2 aromatic rings. The second-order valence-corrected chi connectivity index (χ2v) is 4.48. The molecule has 5 heteroatoms. The van der Waals surface area contributed by atoms with Crippen LogP contribution in [0.5, 0.6) is 0 Å². The van der Waals surface area contributed by atoms with E-state index in [9.17, 15) is 9.59 Å². The number of hydrogen-bond acceptors (Lipinski definition) is 3. The first-order valence-corrected chi connectivity index (χ1v) is 6.20. The molecule has 0 saturated carbocycles. The lowest BCUT2D eigenvalue weighted by atomic mass is 10.0. The van der Waals surface area contributed by atoms with Crippen LogP contribution in [0.1, 0.15) is 22.3 Å². The number of amides is 1. The molecule has 1 aliphatic rings. The number of anilines is 1. The van der Waals surface area contributed by atoms with Gasteiger partial charge in [0, 0.05) is 18.4 Å². The Morgan fingerprint density at radius 2 is 2.16 bits per heavy atom. The summed E-state index contributed by atoms with van der Waals surface area (Å²) < 4.78 is 0. The van der Waals surface area contributed by atoms with Gasteiger partial charge < -0.3 is 9.88 Å². The van der Waals surface area contributed by atoms with E-state index in [2.05, 4.69) is 9.97 Å². The van der Waals surface area contributed by atoms with Crippen LogP contribution in [-0.4, -0.2) is 22.4 Å². The number of H-pyrrole nitrogens is 1. The second kappa shape index (κ2) is 4.68. The number of carbonyl (C=O) groups is 1. The summed E-state index contributed by atoms with van der Waals surface area (Å²) in [6.07, 6.45) is 4.46. The molecule has 1 aromatic carbocycles. The van der Waals surface area contributed by atoms with Gasteiger partial charge in [-0.2, -0.15) is 0 Å². The Morgan fingerprint density at radius 3 is 3.00 bits per heavy atom. The van der Waals surface area contributed by atoms with Crippen molar-refractivity contribution in [1.29, 1.82) is 0 Å². The van der Waals surface area contributed by atoms with E-state index in [0.717, 1.165) is 24.1 Å². The number of carbonyl (C=O) groups excluding carboxylic acids is 1. The van der Waals surface area contributed by atoms with Crippen molar-refractivity contribution in [2.75, 3.05) is 11.4 Å². The number of rotatable bonds is 1. The van der Waals surface area contributed by atoms with Gasteiger partial charge in [0.05, 0.1) is 6.33 Å². The van der Waals surface area contributed by atoms with E-state index in [1.54, 1.807) is 4.90 Å². The van der Waals surface area contributed by atoms with Crippen molar-refractivity contribution < 1.29 is 4.79 Å². The average molecular weight is 255 g/mol. The zero-order valence-electron chi connectivity index (χ0n) is 10.3. The Hall–Kier alpha value is -2.43. The Balaban J connectivity index is 2.03. The van der Waals surface area contributed by atoms with Crippen LogP contribution in [0, 0.1) is 0 Å². The molecule has 5 nitrogen and oxygen atoms in total. The first kappa shape index (κ1) is 11.6. The molecule has 1 aliphatic heterocycles. The summed E-state index contributed by atoms with van der Waals surface area (Å²) in [6.45, 7) is 0.629. The summed E-state index contributed by atoms with van der Waals surface area (Å²) >= 11 is 0. The maximum Gasteiger partial charge on any atom is 0.265 e. The molecule has 2 heterocycles. The molecule has 0 spiro atoms. The molecule has 1 N–H and O–H groups in total. The molecule has 19 heavy (non-hydrogen) atoms. The van der Waals surface area contributed by atoms with Gasteiger partial charge in [0.25, 0.3) is 11.5 Å². The summed E-state index contributed by atoms with van der Waals surface area (Å²) in [5.41, 5.74) is 1.71. The van der Waals surface area contributed by atoms with Crippen LogP contribution in [0.3, 0.4) is 0 Å². The molecular weight excluding hydrogens is 242 g/mol. The normalized spacial score (nSPS) is 14.0. The predicted molar refractivity (Wildman–Crippen MR) is 71.3 cm³/mol. The molecule has 0 aliphatic carbocycles. The lowest BCUT2D eigenvalue weighted by Gasteiger charge is -2.29. The monoisotopic (exact) mass is 255 g/mol. The topological polar surface area (TPSA) is 66.1 Å². The number of nitrogens with zero attached hydrogens (tertiary/aromatic N) is 2. The number of benzene rings is 1. The molecular formula is C14H13N3O2. The highest BCUT2D eigenvalue weighted by atomic mass is 16.2. The minimum Gasteiger partial charge on any atom is -0.312 e. The van der Waals surface area contributed by atoms with Crippen molar-refractivity contribution in [2.45, 2.75) is 12.8 Å². The Bertz CT molecular complexity index is 678. The van der Waals surface area contributed by atoms with Gasteiger partial charge in [-0.15, -0.1) is 0 Å². The average Bonchev–Trinajstić information content (AvgIpc) is 2.46. The molecule has 3 rings (SSSR count). The van der Waals surface area contributed by atoms with Gasteiger partial charge in [-0.3, -0.25) is 9.59 Å². The highest BCUT2D eigenvalue weighted by molar-refractivity contribution is 6.06. The van der Waals surface area contributed by atoms with Crippen molar-refractivity contribution in [1.82, 2.24) is 9.97 Å². The second-order valence-electron chi connectivity index (χ2n) is 4.48. The molecule has 0 atom stereocenters. The summed E-state index contributed by atoms with van der Waals surface area (Å²) in [4.78, 5) is 32.0. The molecule has 1 amide bonds. The summed E-state index contributed by atoms with van der Waals surface area (Å²) in [6, 6.07) is 7.79. The van der Waals surface area contributed by atoms with E-state index in [4.69, 9.17) is 0 Å². The van der Waals surface area contributed by atoms with Crippen molar-refractivity contribution in [3.05, 3.63) is 58.3 Å². The minimum absolute atomic E-state index is 0.0826. The van der Waals surface area contributed by atoms with Crippen molar-refractivity contribution in [2.24, 2.45) is 0 Å². The van der Waals surface area contributed by atoms with Crippen LogP contribution in [-0.2, 0) is 6.42 Å². The van der Waals surface area contributed by atoms with Crippen LogP contribution < -0.4 is 10.5 Å².